The first kappa shape index (κ1) is 16.3. The SMILES string of the molecule is Cc1nc(-c2ccc(NS(=O)(=O)CC(C)CCl)cc2)cs1. The van der Waals surface area contributed by atoms with E-state index in [4.69, 9.17) is 11.6 Å². The summed E-state index contributed by atoms with van der Waals surface area (Å²) in [5.74, 6) is 0.258. The number of anilines is 1. The van der Waals surface area contributed by atoms with E-state index < -0.39 is 10.0 Å². The van der Waals surface area contributed by atoms with Crippen molar-refractivity contribution < 1.29 is 8.42 Å². The van der Waals surface area contributed by atoms with Crippen LogP contribution < -0.4 is 4.72 Å². The third-order valence-corrected chi connectivity index (χ3v) is 5.70. The summed E-state index contributed by atoms with van der Waals surface area (Å²) in [7, 11) is -3.37. The molecule has 0 aliphatic carbocycles. The van der Waals surface area contributed by atoms with Crippen LogP contribution in [0.1, 0.15) is 11.9 Å². The van der Waals surface area contributed by atoms with Gasteiger partial charge in [0.15, 0.2) is 0 Å². The Hall–Kier alpha value is -1.11. The van der Waals surface area contributed by atoms with Gasteiger partial charge < -0.3 is 0 Å². The summed E-state index contributed by atoms with van der Waals surface area (Å²) in [5, 5.41) is 2.99. The van der Waals surface area contributed by atoms with Crippen molar-refractivity contribution in [3.63, 3.8) is 0 Å². The van der Waals surface area contributed by atoms with Crippen LogP contribution in [0.25, 0.3) is 11.3 Å². The van der Waals surface area contributed by atoms with E-state index in [0.717, 1.165) is 16.3 Å². The van der Waals surface area contributed by atoms with Crippen molar-refractivity contribution in [2.24, 2.45) is 5.92 Å². The molecular weight excluding hydrogens is 328 g/mol. The minimum absolute atomic E-state index is 0.0174. The molecule has 114 valence electrons. The van der Waals surface area contributed by atoms with Crippen LogP contribution in [0.4, 0.5) is 5.69 Å². The predicted octanol–water partition coefficient (Wildman–Crippen LogP) is 3.74. The Bertz CT molecular complexity index is 696. The number of nitrogens with zero attached hydrogens (tertiary/aromatic N) is 1. The van der Waals surface area contributed by atoms with Gasteiger partial charge in [-0.2, -0.15) is 0 Å². The summed E-state index contributed by atoms with van der Waals surface area (Å²) in [6.07, 6.45) is 0. The number of alkyl halides is 1. The Morgan fingerprint density at radius 1 is 1.33 bits per heavy atom. The van der Waals surface area contributed by atoms with E-state index in [2.05, 4.69) is 9.71 Å². The van der Waals surface area contributed by atoms with Crippen molar-refractivity contribution in [3.8, 4) is 11.3 Å². The number of sulfonamides is 1. The Morgan fingerprint density at radius 3 is 2.52 bits per heavy atom. The van der Waals surface area contributed by atoms with Crippen LogP contribution in [0.2, 0.25) is 0 Å². The van der Waals surface area contributed by atoms with Crippen molar-refractivity contribution in [2.75, 3.05) is 16.4 Å². The number of halogens is 1. The molecule has 0 saturated heterocycles. The number of benzene rings is 1. The number of hydrogen-bond donors (Lipinski definition) is 1. The molecule has 2 aromatic rings. The number of nitrogens with one attached hydrogen (secondary N) is 1. The lowest BCUT2D eigenvalue weighted by Crippen LogP contribution is -2.22. The van der Waals surface area contributed by atoms with E-state index in [-0.39, 0.29) is 11.7 Å². The fraction of sp³-hybridized carbons (Fsp3) is 0.357. The highest BCUT2D eigenvalue weighted by atomic mass is 35.5. The number of thiazole rings is 1. The summed E-state index contributed by atoms with van der Waals surface area (Å²) in [6, 6.07) is 7.20. The van der Waals surface area contributed by atoms with Gasteiger partial charge in [0, 0.05) is 22.5 Å². The van der Waals surface area contributed by atoms with E-state index in [1.54, 1.807) is 30.4 Å². The van der Waals surface area contributed by atoms with Gasteiger partial charge in [-0.05, 0) is 25.0 Å². The van der Waals surface area contributed by atoms with Crippen LogP contribution >= 0.6 is 22.9 Å². The number of aromatic nitrogens is 1. The molecule has 1 unspecified atom stereocenters. The van der Waals surface area contributed by atoms with Gasteiger partial charge in [-0.3, -0.25) is 4.72 Å². The van der Waals surface area contributed by atoms with Gasteiger partial charge in [-0.25, -0.2) is 13.4 Å². The van der Waals surface area contributed by atoms with Crippen LogP contribution in [-0.4, -0.2) is 25.0 Å². The fourth-order valence-electron chi connectivity index (χ4n) is 1.85. The second-order valence-electron chi connectivity index (χ2n) is 4.97. The molecule has 0 spiro atoms. The largest absolute Gasteiger partial charge is 0.284 e. The lowest BCUT2D eigenvalue weighted by Gasteiger charge is -2.11. The molecule has 1 aromatic heterocycles. The second kappa shape index (κ2) is 6.77. The average molecular weight is 345 g/mol. The topological polar surface area (TPSA) is 59.1 Å². The highest BCUT2D eigenvalue weighted by Crippen LogP contribution is 2.23. The zero-order valence-corrected chi connectivity index (χ0v) is 14.2. The Balaban J connectivity index is 2.09. The maximum atomic E-state index is 11.9. The van der Waals surface area contributed by atoms with E-state index in [0.29, 0.717) is 11.6 Å². The molecule has 1 heterocycles. The zero-order chi connectivity index (χ0) is 15.5. The molecule has 0 amide bonds. The molecule has 0 bridgehead atoms. The molecule has 4 nitrogen and oxygen atoms in total. The van der Waals surface area contributed by atoms with Crippen LogP contribution in [0, 0.1) is 12.8 Å². The minimum Gasteiger partial charge on any atom is -0.284 e. The fourth-order valence-corrected chi connectivity index (χ4v) is 4.15. The third-order valence-electron chi connectivity index (χ3n) is 2.84. The average Bonchev–Trinajstić information content (AvgIpc) is 2.85. The molecule has 21 heavy (non-hydrogen) atoms. The van der Waals surface area contributed by atoms with Crippen LogP contribution in [-0.2, 0) is 10.0 Å². The van der Waals surface area contributed by atoms with Gasteiger partial charge in [0.2, 0.25) is 10.0 Å². The molecule has 1 aromatic carbocycles. The predicted molar refractivity (Wildman–Crippen MR) is 89.6 cm³/mol. The summed E-state index contributed by atoms with van der Waals surface area (Å²) in [5.41, 5.74) is 2.42. The highest BCUT2D eigenvalue weighted by molar-refractivity contribution is 7.92. The lowest BCUT2D eigenvalue weighted by molar-refractivity contribution is 0.588. The highest BCUT2D eigenvalue weighted by Gasteiger charge is 2.15. The standard InChI is InChI=1S/C14H17ClN2O2S2/c1-10(7-15)9-21(18,19)17-13-5-3-12(4-6-13)14-8-20-11(2)16-14/h3-6,8,10,17H,7,9H2,1-2H3. The molecule has 0 aliphatic rings. The number of aryl methyl sites for hydroxylation is 1. The molecule has 0 radical (unpaired) electrons. The van der Waals surface area contributed by atoms with Gasteiger partial charge in [-0.15, -0.1) is 22.9 Å². The summed E-state index contributed by atoms with van der Waals surface area (Å²) >= 11 is 7.24. The molecular formula is C14H17ClN2O2S2. The molecule has 1 N–H and O–H groups in total. The molecule has 0 fully saturated rings. The Kier molecular flexibility index (Phi) is 5.24. The van der Waals surface area contributed by atoms with E-state index >= 15 is 0 Å². The van der Waals surface area contributed by atoms with Gasteiger partial charge in [0.05, 0.1) is 16.5 Å². The quantitative estimate of drug-likeness (QED) is 0.812. The molecule has 0 aliphatic heterocycles. The zero-order valence-electron chi connectivity index (χ0n) is 11.8. The minimum atomic E-state index is -3.37. The Morgan fingerprint density at radius 2 is 2.00 bits per heavy atom. The van der Waals surface area contributed by atoms with Crippen LogP contribution in [0.3, 0.4) is 0 Å². The number of hydrogen-bond acceptors (Lipinski definition) is 4. The smallest absolute Gasteiger partial charge is 0.233 e. The monoisotopic (exact) mass is 344 g/mol. The summed E-state index contributed by atoms with van der Waals surface area (Å²) < 4.78 is 26.5. The van der Waals surface area contributed by atoms with Crippen molar-refractivity contribution in [1.82, 2.24) is 4.98 Å². The summed E-state index contributed by atoms with van der Waals surface area (Å²) in [6.45, 7) is 3.76. The third kappa shape index (κ3) is 4.69. The molecule has 7 heteroatoms. The first-order valence-electron chi connectivity index (χ1n) is 6.48. The van der Waals surface area contributed by atoms with Gasteiger partial charge in [0.25, 0.3) is 0 Å². The van der Waals surface area contributed by atoms with Crippen molar-refractivity contribution in [1.29, 1.82) is 0 Å². The molecule has 2 rings (SSSR count). The molecule has 0 saturated carbocycles. The van der Waals surface area contributed by atoms with Crippen molar-refractivity contribution in [3.05, 3.63) is 34.7 Å². The van der Waals surface area contributed by atoms with Crippen LogP contribution in [0.5, 0.6) is 0 Å². The first-order chi connectivity index (χ1) is 9.89. The summed E-state index contributed by atoms with van der Waals surface area (Å²) in [4.78, 5) is 4.40. The maximum absolute atomic E-state index is 11.9. The van der Waals surface area contributed by atoms with E-state index in [1.165, 1.54) is 0 Å². The Labute approximate surface area is 134 Å². The normalized spacial score (nSPS) is 13.1. The number of rotatable bonds is 6. The van der Waals surface area contributed by atoms with Crippen LogP contribution in [0.15, 0.2) is 29.6 Å². The van der Waals surface area contributed by atoms with Gasteiger partial charge in [0.1, 0.15) is 0 Å². The van der Waals surface area contributed by atoms with Crippen molar-refractivity contribution >= 4 is 38.6 Å². The van der Waals surface area contributed by atoms with E-state index in [1.807, 2.05) is 24.4 Å². The lowest BCUT2D eigenvalue weighted by atomic mass is 10.1. The second-order valence-corrected chi connectivity index (χ2v) is 8.11. The van der Waals surface area contributed by atoms with Gasteiger partial charge in [-0.1, -0.05) is 19.1 Å². The molecule has 1 atom stereocenters. The maximum Gasteiger partial charge on any atom is 0.233 e. The van der Waals surface area contributed by atoms with E-state index in [9.17, 15) is 8.42 Å². The van der Waals surface area contributed by atoms with Crippen molar-refractivity contribution in [2.45, 2.75) is 13.8 Å². The first-order valence-corrected chi connectivity index (χ1v) is 9.55. The van der Waals surface area contributed by atoms with Gasteiger partial charge >= 0.3 is 0 Å².